The van der Waals surface area contributed by atoms with Gasteiger partial charge in [-0.15, -0.1) is 0 Å². The van der Waals surface area contributed by atoms with Crippen molar-refractivity contribution in [2.24, 2.45) is 0 Å². The van der Waals surface area contributed by atoms with Crippen LogP contribution in [0.4, 0.5) is 14.5 Å². The third-order valence-corrected chi connectivity index (χ3v) is 3.21. The maximum atomic E-state index is 13.2. The fourth-order valence-electron chi connectivity index (χ4n) is 1.90. The number of carbonyl (C=O) groups excluding carboxylic acids is 1. The van der Waals surface area contributed by atoms with Crippen molar-refractivity contribution < 1.29 is 23.2 Å². The molecule has 2 rings (SSSR count). The molecule has 120 valence electrons. The van der Waals surface area contributed by atoms with Gasteiger partial charge in [0.05, 0.1) is 10.5 Å². The Bertz CT molecular complexity index is 775. The van der Waals surface area contributed by atoms with Crippen molar-refractivity contribution in [3.63, 3.8) is 0 Å². The summed E-state index contributed by atoms with van der Waals surface area (Å²) in [7, 11) is 0. The van der Waals surface area contributed by atoms with Crippen molar-refractivity contribution in [1.82, 2.24) is 0 Å². The number of nitro benzene ring substituents is 1. The minimum absolute atomic E-state index is 0.0662. The summed E-state index contributed by atoms with van der Waals surface area (Å²) in [5, 5.41) is 11.0. The molecule has 0 atom stereocenters. The van der Waals surface area contributed by atoms with Crippen molar-refractivity contribution >= 4 is 11.7 Å². The van der Waals surface area contributed by atoms with Crippen LogP contribution in [0.3, 0.4) is 0 Å². The summed E-state index contributed by atoms with van der Waals surface area (Å²) in [6, 6.07) is 6.70. The van der Waals surface area contributed by atoms with Gasteiger partial charge in [0.1, 0.15) is 0 Å². The van der Waals surface area contributed by atoms with Crippen molar-refractivity contribution in [3.8, 4) is 5.75 Å². The lowest BCUT2D eigenvalue weighted by atomic mass is 10.0. The summed E-state index contributed by atoms with van der Waals surface area (Å²) in [6.45, 7) is 3.75. The van der Waals surface area contributed by atoms with Crippen molar-refractivity contribution in [3.05, 3.63) is 69.3 Å². The molecule has 0 saturated carbocycles. The van der Waals surface area contributed by atoms with E-state index >= 15 is 0 Å². The molecule has 2 aromatic carbocycles. The van der Waals surface area contributed by atoms with Gasteiger partial charge in [0.25, 0.3) is 0 Å². The lowest BCUT2D eigenvalue weighted by molar-refractivity contribution is -0.385. The lowest BCUT2D eigenvalue weighted by Gasteiger charge is -2.09. The highest BCUT2D eigenvalue weighted by molar-refractivity contribution is 5.91. The molecule has 0 saturated heterocycles. The predicted octanol–water partition coefficient (Wildman–Crippen LogP) is 4.22. The first-order valence-electron chi connectivity index (χ1n) is 6.75. The topological polar surface area (TPSA) is 69.4 Å². The zero-order valence-electron chi connectivity index (χ0n) is 12.4. The van der Waals surface area contributed by atoms with E-state index < -0.39 is 22.5 Å². The van der Waals surface area contributed by atoms with Crippen molar-refractivity contribution in [2.45, 2.75) is 19.8 Å². The maximum Gasteiger partial charge on any atom is 0.343 e. The van der Waals surface area contributed by atoms with Gasteiger partial charge in [-0.2, -0.15) is 0 Å². The van der Waals surface area contributed by atoms with Gasteiger partial charge in [-0.3, -0.25) is 10.1 Å². The lowest BCUT2D eigenvalue weighted by Crippen LogP contribution is -2.11. The number of hydrogen-bond donors (Lipinski definition) is 0. The molecule has 0 aliphatic heterocycles. The molecule has 0 bridgehead atoms. The highest BCUT2D eigenvalue weighted by atomic mass is 19.2. The monoisotopic (exact) mass is 321 g/mol. The molecule has 0 N–H and O–H groups in total. The third-order valence-electron chi connectivity index (χ3n) is 3.21. The van der Waals surface area contributed by atoms with Gasteiger partial charge in [-0.25, -0.2) is 13.6 Å². The van der Waals surface area contributed by atoms with Gasteiger partial charge in [-0.1, -0.05) is 19.9 Å². The van der Waals surface area contributed by atoms with Gasteiger partial charge in [-0.05, 0) is 35.7 Å². The van der Waals surface area contributed by atoms with Crippen LogP contribution in [0.25, 0.3) is 0 Å². The fraction of sp³-hybridized carbons (Fsp3) is 0.188. The van der Waals surface area contributed by atoms with Crippen LogP contribution < -0.4 is 4.74 Å². The zero-order chi connectivity index (χ0) is 17.1. The maximum absolute atomic E-state index is 13.2. The molecule has 0 unspecified atom stereocenters. The van der Waals surface area contributed by atoms with Crippen LogP contribution in [0.2, 0.25) is 0 Å². The average molecular weight is 321 g/mol. The molecule has 0 aromatic heterocycles. The van der Waals surface area contributed by atoms with E-state index in [1.807, 2.05) is 13.8 Å². The minimum Gasteiger partial charge on any atom is -0.416 e. The van der Waals surface area contributed by atoms with E-state index in [1.165, 1.54) is 12.1 Å². The van der Waals surface area contributed by atoms with Gasteiger partial charge in [0.2, 0.25) is 5.75 Å². The Morgan fingerprint density at radius 2 is 1.83 bits per heavy atom. The number of ether oxygens (including phenoxy) is 1. The van der Waals surface area contributed by atoms with Crippen LogP contribution in [0.1, 0.15) is 35.7 Å². The zero-order valence-corrected chi connectivity index (χ0v) is 12.4. The van der Waals surface area contributed by atoms with Gasteiger partial charge >= 0.3 is 11.7 Å². The smallest absolute Gasteiger partial charge is 0.343 e. The molecule has 2 aromatic rings. The van der Waals surface area contributed by atoms with Crippen LogP contribution in [-0.2, 0) is 0 Å². The number of benzene rings is 2. The molecule has 0 radical (unpaired) electrons. The molecule has 0 aliphatic rings. The summed E-state index contributed by atoms with van der Waals surface area (Å²) in [5.41, 5.74) is 0.113. The number of rotatable bonds is 4. The molecule has 7 heteroatoms. The van der Waals surface area contributed by atoms with Crippen LogP contribution in [0, 0.1) is 21.7 Å². The van der Waals surface area contributed by atoms with Crippen LogP contribution in [0.5, 0.6) is 5.75 Å². The Morgan fingerprint density at radius 1 is 1.13 bits per heavy atom. The van der Waals surface area contributed by atoms with Crippen LogP contribution in [0.15, 0.2) is 36.4 Å². The molecular weight excluding hydrogens is 308 g/mol. The summed E-state index contributed by atoms with van der Waals surface area (Å²) in [6.07, 6.45) is 0. The summed E-state index contributed by atoms with van der Waals surface area (Å²) >= 11 is 0. The second-order valence-corrected chi connectivity index (χ2v) is 5.16. The Kier molecular flexibility index (Phi) is 4.68. The summed E-state index contributed by atoms with van der Waals surface area (Å²) in [5.74, 6) is -3.49. The summed E-state index contributed by atoms with van der Waals surface area (Å²) < 4.78 is 31.1. The third kappa shape index (κ3) is 3.68. The Labute approximate surface area is 130 Å². The standard InChI is InChI=1S/C16H13F2NO4/c1-9(2)10-4-6-14(19(21)22)15(8-10)23-16(20)11-3-5-12(17)13(18)7-11/h3-9H,1-2H3. The minimum atomic E-state index is -1.20. The molecule has 0 amide bonds. The Balaban J connectivity index is 2.37. The summed E-state index contributed by atoms with van der Waals surface area (Å²) in [4.78, 5) is 22.3. The van der Waals surface area contributed by atoms with E-state index in [0.29, 0.717) is 6.07 Å². The number of esters is 1. The van der Waals surface area contributed by atoms with Crippen molar-refractivity contribution in [1.29, 1.82) is 0 Å². The fourth-order valence-corrected chi connectivity index (χ4v) is 1.90. The second-order valence-electron chi connectivity index (χ2n) is 5.16. The van der Waals surface area contributed by atoms with E-state index in [2.05, 4.69) is 0 Å². The average Bonchev–Trinajstić information content (AvgIpc) is 2.49. The van der Waals surface area contributed by atoms with E-state index in [0.717, 1.165) is 17.7 Å². The van der Waals surface area contributed by atoms with Crippen LogP contribution in [-0.4, -0.2) is 10.9 Å². The molecule has 0 fully saturated rings. The second kappa shape index (κ2) is 6.51. The molecular formula is C16H13F2NO4. The Hall–Kier alpha value is -2.83. The SMILES string of the molecule is CC(C)c1ccc([N+](=O)[O-])c(OC(=O)c2ccc(F)c(F)c2)c1. The quantitative estimate of drug-likeness (QED) is 0.366. The highest BCUT2D eigenvalue weighted by Gasteiger charge is 2.21. The number of nitrogens with zero attached hydrogens (tertiary/aromatic N) is 1. The van der Waals surface area contributed by atoms with E-state index in [1.54, 1.807) is 6.07 Å². The molecule has 23 heavy (non-hydrogen) atoms. The number of carbonyl (C=O) groups is 1. The number of hydrogen-bond acceptors (Lipinski definition) is 4. The molecule has 0 heterocycles. The predicted molar refractivity (Wildman–Crippen MR) is 78.5 cm³/mol. The molecule has 5 nitrogen and oxygen atoms in total. The number of nitro groups is 1. The molecule has 0 spiro atoms. The first-order chi connectivity index (χ1) is 10.8. The highest BCUT2D eigenvalue weighted by Crippen LogP contribution is 2.31. The van der Waals surface area contributed by atoms with E-state index in [4.69, 9.17) is 4.74 Å². The van der Waals surface area contributed by atoms with Crippen LogP contribution >= 0.6 is 0 Å². The first-order valence-corrected chi connectivity index (χ1v) is 6.75. The first kappa shape index (κ1) is 16.5. The van der Waals surface area contributed by atoms with Gasteiger partial charge in [0.15, 0.2) is 11.6 Å². The molecule has 0 aliphatic carbocycles. The van der Waals surface area contributed by atoms with Gasteiger partial charge < -0.3 is 4.74 Å². The van der Waals surface area contributed by atoms with E-state index in [-0.39, 0.29) is 22.9 Å². The van der Waals surface area contributed by atoms with Gasteiger partial charge in [0, 0.05) is 6.07 Å². The number of halogens is 2. The largest absolute Gasteiger partial charge is 0.416 e. The van der Waals surface area contributed by atoms with Crippen molar-refractivity contribution in [2.75, 3.05) is 0 Å². The Morgan fingerprint density at radius 3 is 2.39 bits per heavy atom. The van der Waals surface area contributed by atoms with E-state index in [9.17, 15) is 23.7 Å². The normalized spacial score (nSPS) is 10.7.